The number of rotatable bonds is 5. The van der Waals surface area contributed by atoms with Crippen LogP contribution < -0.4 is 5.32 Å². The third kappa shape index (κ3) is 4.65. The largest absolute Gasteiger partial charge is 0.342 e. The first kappa shape index (κ1) is 17.1. The Morgan fingerprint density at radius 1 is 1.17 bits per heavy atom. The molecule has 1 aromatic carbocycles. The quantitative estimate of drug-likeness (QED) is 0.646. The minimum Gasteiger partial charge on any atom is -0.342 e. The molecule has 23 heavy (non-hydrogen) atoms. The van der Waals surface area contributed by atoms with Crippen LogP contribution in [-0.2, 0) is 4.79 Å². The molecule has 0 bridgehead atoms. The Kier molecular flexibility index (Phi) is 5.89. The summed E-state index contributed by atoms with van der Waals surface area (Å²) in [5, 5.41) is 4.22. The first-order chi connectivity index (χ1) is 11.2. The third-order valence-corrected chi connectivity index (χ3v) is 6.42. The molecule has 2 heterocycles. The van der Waals surface area contributed by atoms with Crippen molar-refractivity contribution in [1.82, 2.24) is 10.2 Å². The maximum absolute atomic E-state index is 12.2. The summed E-state index contributed by atoms with van der Waals surface area (Å²) in [5.41, 5.74) is 0.391. The van der Waals surface area contributed by atoms with Crippen molar-refractivity contribution in [1.29, 1.82) is 0 Å². The van der Waals surface area contributed by atoms with Crippen LogP contribution in [-0.4, -0.2) is 42.7 Å². The van der Waals surface area contributed by atoms with Crippen molar-refractivity contribution >= 4 is 29.3 Å². The fourth-order valence-electron chi connectivity index (χ4n) is 3.65. The van der Waals surface area contributed by atoms with E-state index >= 15 is 0 Å². The summed E-state index contributed by atoms with van der Waals surface area (Å²) < 4.78 is 0. The molecule has 3 nitrogen and oxygen atoms in total. The van der Waals surface area contributed by atoms with Gasteiger partial charge in [0, 0.05) is 29.4 Å². The number of nitrogens with one attached hydrogen (secondary N) is 1. The second kappa shape index (κ2) is 7.91. The lowest BCUT2D eigenvalue weighted by molar-refractivity contribution is -0.138. The van der Waals surface area contributed by atoms with Crippen molar-refractivity contribution in [3.05, 3.63) is 29.3 Å². The lowest BCUT2D eigenvalue weighted by Crippen LogP contribution is -2.50. The predicted molar refractivity (Wildman–Crippen MR) is 97.1 cm³/mol. The first-order valence-electron chi connectivity index (χ1n) is 8.54. The highest BCUT2D eigenvalue weighted by Gasteiger charge is 2.38. The second-order valence-corrected chi connectivity index (χ2v) is 8.33. The van der Waals surface area contributed by atoms with Crippen LogP contribution in [0.2, 0.25) is 5.02 Å². The lowest BCUT2D eigenvalue weighted by atomic mass is 9.73. The van der Waals surface area contributed by atoms with E-state index in [0.717, 1.165) is 56.2 Å². The summed E-state index contributed by atoms with van der Waals surface area (Å²) >= 11 is 7.74. The number of carbonyl (C=O) groups is 1. The minimum absolute atomic E-state index is 0.352. The van der Waals surface area contributed by atoms with Crippen LogP contribution in [0.4, 0.5) is 0 Å². The molecule has 0 aromatic heterocycles. The zero-order chi connectivity index (χ0) is 16.1. The molecule has 2 aliphatic heterocycles. The number of carbonyl (C=O) groups excluding carboxylic acids is 1. The van der Waals surface area contributed by atoms with Gasteiger partial charge in [-0.3, -0.25) is 4.79 Å². The zero-order valence-corrected chi connectivity index (χ0v) is 15.1. The topological polar surface area (TPSA) is 32.3 Å². The Morgan fingerprint density at radius 2 is 1.91 bits per heavy atom. The van der Waals surface area contributed by atoms with Gasteiger partial charge < -0.3 is 10.2 Å². The summed E-state index contributed by atoms with van der Waals surface area (Å²) in [6.45, 7) is 4.08. The normalized spacial score (nSPS) is 20.9. The molecule has 5 heteroatoms. The standard InChI is InChI=1S/C18H25ClN2OS/c19-15-2-4-16(5-3-15)23-13-1-12-21-14-18(7-6-17(21)22)8-10-20-11-9-18/h2-5,20H,1,6-14H2. The van der Waals surface area contributed by atoms with Gasteiger partial charge in [-0.2, -0.15) is 0 Å². The van der Waals surface area contributed by atoms with Crippen molar-refractivity contribution in [2.24, 2.45) is 5.41 Å². The van der Waals surface area contributed by atoms with E-state index in [-0.39, 0.29) is 0 Å². The Labute approximate surface area is 148 Å². The van der Waals surface area contributed by atoms with Crippen LogP contribution in [0.5, 0.6) is 0 Å². The number of hydrogen-bond donors (Lipinski definition) is 1. The van der Waals surface area contributed by atoms with Gasteiger partial charge in [-0.05, 0) is 74.2 Å². The lowest BCUT2D eigenvalue weighted by Gasteiger charge is -2.45. The maximum Gasteiger partial charge on any atom is 0.222 e. The molecule has 1 aromatic rings. The molecule has 1 amide bonds. The van der Waals surface area contributed by atoms with E-state index in [1.165, 1.54) is 17.7 Å². The fourth-order valence-corrected chi connectivity index (χ4v) is 4.61. The molecular weight excluding hydrogens is 328 g/mol. The number of thioether (sulfide) groups is 1. The molecule has 2 aliphatic rings. The number of likely N-dealkylation sites (tertiary alicyclic amines) is 1. The Balaban J connectivity index is 1.44. The van der Waals surface area contributed by atoms with E-state index in [1.54, 1.807) is 0 Å². The molecule has 0 radical (unpaired) electrons. The van der Waals surface area contributed by atoms with Gasteiger partial charge >= 0.3 is 0 Å². The van der Waals surface area contributed by atoms with E-state index in [4.69, 9.17) is 11.6 Å². The highest BCUT2D eigenvalue weighted by Crippen LogP contribution is 2.38. The molecule has 0 aliphatic carbocycles. The van der Waals surface area contributed by atoms with Gasteiger partial charge in [0.1, 0.15) is 0 Å². The van der Waals surface area contributed by atoms with E-state index in [9.17, 15) is 4.79 Å². The highest BCUT2D eigenvalue weighted by molar-refractivity contribution is 7.99. The Bertz CT molecular complexity index is 528. The number of nitrogens with zero attached hydrogens (tertiary/aromatic N) is 1. The van der Waals surface area contributed by atoms with Crippen LogP contribution in [0.3, 0.4) is 0 Å². The van der Waals surface area contributed by atoms with Crippen molar-refractivity contribution in [3.8, 4) is 0 Å². The summed E-state index contributed by atoms with van der Waals surface area (Å²) in [7, 11) is 0. The summed E-state index contributed by atoms with van der Waals surface area (Å²) in [6.07, 6.45) is 5.31. The molecule has 0 atom stereocenters. The molecule has 2 fully saturated rings. The molecule has 0 saturated carbocycles. The van der Waals surface area contributed by atoms with Crippen molar-refractivity contribution in [3.63, 3.8) is 0 Å². The molecular formula is C18H25ClN2OS. The van der Waals surface area contributed by atoms with Crippen LogP contribution >= 0.6 is 23.4 Å². The minimum atomic E-state index is 0.352. The highest BCUT2D eigenvalue weighted by atomic mass is 35.5. The summed E-state index contributed by atoms with van der Waals surface area (Å²) in [6, 6.07) is 7.98. The average Bonchev–Trinajstić information content (AvgIpc) is 2.57. The van der Waals surface area contributed by atoms with E-state index in [2.05, 4.69) is 22.3 Å². The molecule has 126 valence electrons. The summed E-state index contributed by atoms with van der Waals surface area (Å²) in [5.74, 6) is 1.39. The molecule has 1 N–H and O–H groups in total. The Morgan fingerprint density at radius 3 is 2.65 bits per heavy atom. The number of halogens is 1. The fraction of sp³-hybridized carbons (Fsp3) is 0.611. The monoisotopic (exact) mass is 352 g/mol. The maximum atomic E-state index is 12.2. The number of benzene rings is 1. The van der Waals surface area contributed by atoms with Gasteiger partial charge in [-0.15, -0.1) is 11.8 Å². The van der Waals surface area contributed by atoms with Crippen LogP contribution in [0.15, 0.2) is 29.2 Å². The second-order valence-electron chi connectivity index (χ2n) is 6.72. The number of piperidine rings is 2. The van der Waals surface area contributed by atoms with E-state index < -0.39 is 0 Å². The molecule has 0 unspecified atom stereocenters. The predicted octanol–water partition coefficient (Wildman–Crippen LogP) is 3.81. The SMILES string of the molecule is O=C1CCC2(CCNCC2)CN1CCCSc1ccc(Cl)cc1. The van der Waals surface area contributed by atoms with Gasteiger partial charge in [0.05, 0.1) is 0 Å². The zero-order valence-electron chi connectivity index (χ0n) is 13.5. The van der Waals surface area contributed by atoms with Crippen LogP contribution in [0, 0.1) is 5.41 Å². The smallest absolute Gasteiger partial charge is 0.222 e. The van der Waals surface area contributed by atoms with E-state index in [0.29, 0.717) is 11.3 Å². The third-order valence-electron chi connectivity index (χ3n) is 5.07. The van der Waals surface area contributed by atoms with Gasteiger partial charge in [0.15, 0.2) is 0 Å². The molecule has 1 spiro atoms. The number of hydrogen-bond acceptors (Lipinski definition) is 3. The van der Waals surface area contributed by atoms with Gasteiger partial charge in [0.2, 0.25) is 5.91 Å². The van der Waals surface area contributed by atoms with Crippen molar-refractivity contribution < 1.29 is 4.79 Å². The van der Waals surface area contributed by atoms with Crippen LogP contribution in [0.25, 0.3) is 0 Å². The first-order valence-corrected chi connectivity index (χ1v) is 9.90. The molecule has 2 saturated heterocycles. The van der Waals surface area contributed by atoms with Gasteiger partial charge in [-0.25, -0.2) is 0 Å². The van der Waals surface area contributed by atoms with Gasteiger partial charge in [0.25, 0.3) is 0 Å². The van der Waals surface area contributed by atoms with Crippen LogP contribution in [0.1, 0.15) is 32.1 Å². The Hall–Kier alpha value is -0.710. The van der Waals surface area contributed by atoms with Crippen molar-refractivity contribution in [2.45, 2.75) is 37.0 Å². The summed E-state index contributed by atoms with van der Waals surface area (Å²) in [4.78, 5) is 15.6. The molecule has 3 rings (SSSR count). The van der Waals surface area contributed by atoms with E-state index in [1.807, 2.05) is 23.9 Å². The number of amides is 1. The van der Waals surface area contributed by atoms with Gasteiger partial charge in [-0.1, -0.05) is 11.6 Å². The van der Waals surface area contributed by atoms with Crippen molar-refractivity contribution in [2.75, 3.05) is 31.9 Å². The average molecular weight is 353 g/mol.